The fourth-order valence-electron chi connectivity index (χ4n) is 4.47. The molecular weight excluding hydrogens is 388 g/mol. The zero-order chi connectivity index (χ0) is 22.2. The molecule has 0 radical (unpaired) electrons. The van der Waals surface area contributed by atoms with Gasteiger partial charge >= 0.3 is 0 Å². The van der Waals surface area contributed by atoms with Crippen LogP contribution in [0.5, 0.6) is 5.88 Å². The first-order valence-corrected chi connectivity index (χ1v) is 12.2. The van der Waals surface area contributed by atoms with E-state index in [1.165, 1.54) is 37.7 Å². The minimum atomic E-state index is -0.273. The third-order valence-corrected chi connectivity index (χ3v) is 6.34. The molecule has 6 heteroatoms. The smallest absolute Gasteiger partial charge is 0.224 e. The Morgan fingerprint density at radius 1 is 1.06 bits per heavy atom. The third kappa shape index (κ3) is 6.76. The number of hydrogen-bond acceptors (Lipinski definition) is 6. The second-order valence-corrected chi connectivity index (χ2v) is 9.49. The van der Waals surface area contributed by atoms with Crippen molar-refractivity contribution in [3.8, 4) is 5.88 Å². The number of pyridine rings is 1. The maximum absolute atomic E-state index is 9.53. The Morgan fingerprint density at radius 3 is 2.55 bits per heavy atom. The Hall–Kier alpha value is -1.95. The standard InChI is InChI=1S/C25H40N4O2/c1-5-9-18(3)28-25-27-15-22-23(29-25)21(20-10-7-6-8-11-20)14-26-24(22)31-16-17(2)12-13-19(4)30/h14-15,17-20,30H,5-13,16H2,1-4H3,(H,27,28,29). The molecule has 2 aromatic heterocycles. The minimum Gasteiger partial charge on any atom is -0.477 e. The van der Waals surface area contributed by atoms with E-state index >= 15 is 0 Å². The van der Waals surface area contributed by atoms with E-state index in [0.717, 1.165) is 36.6 Å². The summed E-state index contributed by atoms with van der Waals surface area (Å²) in [6, 6.07) is 0.341. The molecule has 1 fully saturated rings. The molecule has 0 bridgehead atoms. The lowest BCUT2D eigenvalue weighted by Crippen LogP contribution is -2.17. The Bertz CT molecular complexity index is 821. The van der Waals surface area contributed by atoms with Gasteiger partial charge in [0.05, 0.1) is 23.6 Å². The molecule has 0 amide bonds. The summed E-state index contributed by atoms with van der Waals surface area (Å²) < 4.78 is 6.12. The van der Waals surface area contributed by atoms with Crippen LogP contribution < -0.4 is 10.1 Å². The van der Waals surface area contributed by atoms with Crippen molar-refractivity contribution in [1.29, 1.82) is 0 Å². The molecule has 1 aliphatic rings. The van der Waals surface area contributed by atoms with Gasteiger partial charge in [-0.3, -0.25) is 0 Å². The van der Waals surface area contributed by atoms with Crippen LogP contribution in [0.25, 0.3) is 10.9 Å². The van der Waals surface area contributed by atoms with Crippen molar-refractivity contribution >= 4 is 16.9 Å². The number of fused-ring (bicyclic) bond motifs is 1. The van der Waals surface area contributed by atoms with Gasteiger partial charge in [0.25, 0.3) is 0 Å². The van der Waals surface area contributed by atoms with Gasteiger partial charge in [-0.2, -0.15) is 0 Å². The number of aliphatic hydroxyl groups is 1. The highest BCUT2D eigenvalue weighted by molar-refractivity contribution is 5.86. The SMILES string of the molecule is CCCC(C)Nc1ncc2c(OCC(C)CCC(C)O)ncc(C3CCCCC3)c2n1. The lowest BCUT2D eigenvalue weighted by Gasteiger charge is -2.23. The van der Waals surface area contributed by atoms with Crippen LogP contribution in [-0.2, 0) is 0 Å². The highest BCUT2D eigenvalue weighted by Gasteiger charge is 2.22. The van der Waals surface area contributed by atoms with E-state index in [0.29, 0.717) is 36.3 Å². The van der Waals surface area contributed by atoms with Crippen LogP contribution in [0.4, 0.5) is 5.95 Å². The van der Waals surface area contributed by atoms with Crippen LogP contribution in [0.1, 0.15) is 97.0 Å². The minimum absolute atomic E-state index is 0.273. The van der Waals surface area contributed by atoms with Crippen molar-refractivity contribution in [2.24, 2.45) is 5.92 Å². The summed E-state index contributed by atoms with van der Waals surface area (Å²) in [6.07, 6.45) is 13.8. The second kappa shape index (κ2) is 11.6. The molecule has 31 heavy (non-hydrogen) atoms. The fraction of sp³-hybridized carbons (Fsp3) is 0.720. The summed E-state index contributed by atoms with van der Waals surface area (Å²) in [7, 11) is 0. The topological polar surface area (TPSA) is 80.2 Å². The highest BCUT2D eigenvalue weighted by Crippen LogP contribution is 2.37. The van der Waals surface area contributed by atoms with E-state index in [2.05, 4.69) is 31.1 Å². The average Bonchev–Trinajstić information content (AvgIpc) is 2.76. The van der Waals surface area contributed by atoms with Crippen molar-refractivity contribution in [1.82, 2.24) is 15.0 Å². The molecule has 0 aromatic carbocycles. The van der Waals surface area contributed by atoms with E-state index in [1.54, 1.807) is 0 Å². The summed E-state index contributed by atoms with van der Waals surface area (Å²) in [5.74, 6) is 2.17. The molecule has 2 aromatic rings. The predicted molar refractivity (Wildman–Crippen MR) is 127 cm³/mol. The van der Waals surface area contributed by atoms with Crippen molar-refractivity contribution in [2.45, 2.75) is 104 Å². The second-order valence-electron chi connectivity index (χ2n) is 9.49. The molecule has 3 unspecified atom stereocenters. The van der Waals surface area contributed by atoms with Gasteiger partial charge in [-0.05, 0) is 57.8 Å². The van der Waals surface area contributed by atoms with E-state index in [-0.39, 0.29) is 6.10 Å². The van der Waals surface area contributed by atoms with Crippen molar-refractivity contribution in [3.05, 3.63) is 18.0 Å². The first kappa shape index (κ1) is 23.7. The molecule has 3 atom stereocenters. The van der Waals surface area contributed by atoms with Crippen LogP contribution in [0.3, 0.4) is 0 Å². The molecule has 3 rings (SSSR count). The Morgan fingerprint density at radius 2 is 1.84 bits per heavy atom. The van der Waals surface area contributed by atoms with Gasteiger partial charge in [0, 0.05) is 24.0 Å². The lowest BCUT2D eigenvalue weighted by molar-refractivity contribution is 0.163. The summed E-state index contributed by atoms with van der Waals surface area (Å²) in [4.78, 5) is 14.2. The van der Waals surface area contributed by atoms with Crippen LogP contribution in [0.15, 0.2) is 12.4 Å². The van der Waals surface area contributed by atoms with Gasteiger partial charge in [0.15, 0.2) is 0 Å². The number of anilines is 1. The first-order valence-electron chi connectivity index (χ1n) is 12.2. The normalized spacial score (nSPS) is 18.0. The average molecular weight is 429 g/mol. The van der Waals surface area contributed by atoms with Crippen molar-refractivity contribution in [2.75, 3.05) is 11.9 Å². The Labute approximate surface area is 187 Å². The first-order chi connectivity index (χ1) is 15.0. The maximum atomic E-state index is 9.53. The molecule has 1 aliphatic carbocycles. The molecular formula is C25H40N4O2. The molecule has 0 aliphatic heterocycles. The summed E-state index contributed by atoms with van der Waals surface area (Å²) in [6.45, 7) is 8.92. The van der Waals surface area contributed by atoms with Crippen LogP contribution in [-0.4, -0.2) is 38.8 Å². The fourth-order valence-corrected chi connectivity index (χ4v) is 4.47. The number of hydrogen-bond donors (Lipinski definition) is 2. The highest BCUT2D eigenvalue weighted by atomic mass is 16.5. The van der Waals surface area contributed by atoms with Gasteiger partial charge in [0.1, 0.15) is 0 Å². The predicted octanol–water partition coefficient (Wildman–Crippen LogP) is 5.85. The number of aliphatic hydroxyl groups excluding tert-OH is 1. The molecule has 1 saturated carbocycles. The molecule has 2 heterocycles. The van der Waals surface area contributed by atoms with Crippen LogP contribution in [0, 0.1) is 5.92 Å². The zero-order valence-corrected chi connectivity index (χ0v) is 19.7. The Kier molecular flexibility index (Phi) is 8.88. The number of aromatic nitrogens is 3. The lowest BCUT2D eigenvalue weighted by atomic mass is 9.84. The van der Waals surface area contributed by atoms with E-state index in [4.69, 9.17) is 14.7 Å². The molecule has 2 N–H and O–H groups in total. The van der Waals surface area contributed by atoms with E-state index in [1.807, 2.05) is 19.3 Å². The van der Waals surface area contributed by atoms with Gasteiger partial charge < -0.3 is 15.2 Å². The molecule has 172 valence electrons. The molecule has 0 spiro atoms. The monoisotopic (exact) mass is 428 g/mol. The van der Waals surface area contributed by atoms with Crippen molar-refractivity contribution in [3.63, 3.8) is 0 Å². The molecule has 6 nitrogen and oxygen atoms in total. The zero-order valence-electron chi connectivity index (χ0n) is 19.7. The van der Waals surface area contributed by atoms with Crippen molar-refractivity contribution < 1.29 is 9.84 Å². The number of nitrogens with one attached hydrogen (secondary N) is 1. The number of rotatable bonds is 11. The van der Waals surface area contributed by atoms with E-state index < -0.39 is 0 Å². The Balaban J connectivity index is 1.85. The quantitative estimate of drug-likeness (QED) is 0.467. The summed E-state index contributed by atoms with van der Waals surface area (Å²) in [5, 5.41) is 13.9. The third-order valence-electron chi connectivity index (χ3n) is 6.34. The van der Waals surface area contributed by atoms with Gasteiger partial charge in [-0.25, -0.2) is 15.0 Å². The van der Waals surface area contributed by atoms with Gasteiger partial charge in [-0.15, -0.1) is 0 Å². The van der Waals surface area contributed by atoms with Crippen LogP contribution >= 0.6 is 0 Å². The van der Waals surface area contributed by atoms with E-state index in [9.17, 15) is 5.11 Å². The largest absolute Gasteiger partial charge is 0.477 e. The number of nitrogens with zero attached hydrogens (tertiary/aromatic N) is 3. The van der Waals surface area contributed by atoms with Gasteiger partial charge in [0.2, 0.25) is 11.8 Å². The molecule has 0 saturated heterocycles. The van der Waals surface area contributed by atoms with Crippen LogP contribution in [0.2, 0.25) is 0 Å². The van der Waals surface area contributed by atoms with Gasteiger partial charge in [-0.1, -0.05) is 39.5 Å². The number of ether oxygens (including phenoxy) is 1. The summed E-state index contributed by atoms with van der Waals surface area (Å²) in [5.41, 5.74) is 2.22. The maximum Gasteiger partial charge on any atom is 0.224 e. The summed E-state index contributed by atoms with van der Waals surface area (Å²) >= 11 is 0.